The molecule has 1 aromatic carbocycles. The van der Waals surface area contributed by atoms with E-state index in [2.05, 4.69) is 10.2 Å². The van der Waals surface area contributed by atoms with Gasteiger partial charge in [-0.2, -0.15) is 10.2 Å². The summed E-state index contributed by atoms with van der Waals surface area (Å²) in [7, 11) is 0. The van der Waals surface area contributed by atoms with Gasteiger partial charge >= 0.3 is 0 Å². The lowest BCUT2D eigenvalue weighted by Gasteiger charge is -2.25. The van der Waals surface area contributed by atoms with Gasteiger partial charge < -0.3 is 10.0 Å². The monoisotopic (exact) mass is 347 g/mol. The molecule has 1 saturated heterocycles. The number of aliphatic hydroxyl groups is 1. The highest BCUT2D eigenvalue weighted by molar-refractivity contribution is 5.95. The number of benzene rings is 1. The molecular weight excluding hydrogens is 328 g/mol. The molecule has 0 saturated carbocycles. The molecule has 2 atom stereocenters. The van der Waals surface area contributed by atoms with Crippen molar-refractivity contribution in [1.29, 1.82) is 0 Å². The zero-order chi connectivity index (χ0) is 18.1. The van der Waals surface area contributed by atoms with E-state index in [-0.39, 0.29) is 18.9 Å². The Morgan fingerprint density at radius 1 is 1.28 bits per heavy atom. The third kappa shape index (κ3) is 3.37. The summed E-state index contributed by atoms with van der Waals surface area (Å²) in [5.74, 6) is -2.20. The Balaban J connectivity index is 1.98. The van der Waals surface area contributed by atoms with Crippen LogP contribution in [0.1, 0.15) is 46.7 Å². The first-order chi connectivity index (χ1) is 11.9. The van der Waals surface area contributed by atoms with Gasteiger partial charge in [-0.05, 0) is 43.5 Å². The molecule has 1 aromatic heterocycles. The molecule has 0 bridgehead atoms. The second kappa shape index (κ2) is 6.84. The molecule has 1 amide bonds. The summed E-state index contributed by atoms with van der Waals surface area (Å²) in [5.41, 5.74) is 2.07. The van der Waals surface area contributed by atoms with Crippen molar-refractivity contribution >= 4 is 5.91 Å². The highest BCUT2D eigenvalue weighted by Crippen LogP contribution is 2.34. The maximum Gasteiger partial charge on any atom is 0.256 e. The number of hydrogen-bond donors (Lipinski definition) is 1. The van der Waals surface area contributed by atoms with Crippen molar-refractivity contribution in [3.8, 4) is 0 Å². The third-order valence-electron chi connectivity index (χ3n) is 4.43. The van der Waals surface area contributed by atoms with Crippen LogP contribution in [0.4, 0.5) is 8.78 Å². The molecule has 1 aliphatic heterocycles. The van der Waals surface area contributed by atoms with Gasteiger partial charge in [0.05, 0.1) is 29.1 Å². The molecule has 3 rings (SSSR count). The van der Waals surface area contributed by atoms with Crippen LogP contribution >= 0.6 is 0 Å². The number of β-amino-alcohol motifs (C(OH)–C–C–N with tert-alkyl or cyclic N) is 1. The van der Waals surface area contributed by atoms with Crippen molar-refractivity contribution in [2.24, 2.45) is 0 Å². The van der Waals surface area contributed by atoms with Gasteiger partial charge in [-0.1, -0.05) is 13.0 Å². The van der Waals surface area contributed by atoms with Crippen molar-refractivity contribution in [3.63, 3.8) is 0 Å². The fraction of sp³-hybridized carbons (Fsp3) is 0.389. The van der Waals surface area contributed by atoms with Crippen LogP contribution in [0.5, 0.6) is 0 Å². The van der Waals surface area contributed by atoms with E-state index < -0.39 is 23.8 Å². The molecular formula is C18H19F2N3O2. The van der Waals surface area contributed by atoms with Crippen LogP contribution in [0.15, 0.2) is 24.3 Å². The van der Waals surface area contributed by atoms with Crippen molar-refractivity contribution in [1.82, 2.24) is 15.1 Å². The van der Waals surface area contributed by atoms with Crippen LogP contribution in [0.3, 0.4) is 0 Å². The highest BCUT2D eigenvalue weighted by Gasteiger charge is 2.37. The van der Waals surface area contributed by atoms with E-state index in [9.17, 15) is 18.7 Å². The number of rotatable bonds is 3. The average molecular weight is 347 g/mol. The fourth-order valence-electron chi connectivity index (χ4n) is 3.19. The first kappa shape index (κ1) is 17.4. The summed E-state index contributed by atoms with van der Waals surface area (Å²) in [6.45, 7) is 3.75. The van der Waals surface area contributed by atoms with Crippen LogP contribution in [-0.2, 0) is 6.42 Å². The molecule has 5 nitrogen and oxygen atoms in total. The van der Waals surface area contributed by atoms with E-state index in [0.717, 1.165) is 12.1 Å². The van der Waals surface area contributed by atoms with Gasteiger partial charge in [0.15, 0.2) is 11.6 Å². The summed E-state index contributed by atoms with van der Waals surface area (Å²) in [5, 5.41) is 18.1. The number of hydrogen-bond acceptors (Lipinski definition) is 4. The first-order valence-corrected chi connectivity index (χ1v) is 8.17. The number of amides is 1. The number of aromatic nitrogens is 2. The van der Waals surface area contributed by atoms with Gasteiger partial charge in [-0.3, -0.25) is 4.79 Å². The number of halogens is 2. The molecule has 1 N–H and O–H groups in total. The van der Waals surface area contributed by atoms with E-state index in [1.807, 2.05) is 6.92 Å². The molecule has 7 heteroatoms. The molecule has 2 heterocycles. The molecule has 0 aliphatic carbocycles. The number of likely N-dealkylation sites (tertiary alicyclic amines) is 1. The highest BCUT2D eigenvalue weighted by atomic mass is 19.2. The van der Waals surface area contributed by atoms with Crippen molar-refractivity contribution in [3.05, 3.63) is 58.4 Å². The van der Waals surface area contributed by atoms with Crippen LogP contribution < -0.4 is 0 Å². The molecule has 2 aromatic rings. The SMILES string of the molecule is CCc1nnc(C)cc1C(=O)N1CC(O)CC1c1ccc(F)c(F)c1. The minimum absolute atomic E-state index is 0.132. The molecule has 1 aliphatic rings. The Bertz CT molecular complexity index is 813. The lowest BCUT2D eigenvalue weighted by molar-refractivity contribution is 0.0713. The van der Waals surface area contributed by atoms with Crippen LogP contribution in [0, 0.1) is 18.6 Å². The Labute approximate surface area is 144 Å². The number of carbonyl (C=O) groups is 1. The Kier molecular flexibility index (Phi) is 4.76. The second-order valence-electron chi connectivity index (χ2n) is 6.24. The van der Waals surface area contributed by atoms with Gasteiger partial charge in [0.25, 0.3) is 5.91 Å². The van der Waals surface area contributed by atoms with E-state index in [0.29, 0.717) is 28.9 Å². The zero-order valence-corrected chi connectivity index (χ0v) is 14.0. The van der Waals surface area contributed by atoms with Gasteiger partial charge in [0.1, 0.15) is 0 Å². The predicted octanol–water partition coefficient (Wildman–Crippen LogP) is 2.57. The predicted molar refractivity (Wildman–Crippen MR) is 86.9 cm³/mol. The minimum Gasteiger partial charge on any atom is -0.391 e. The second-order valence-corrected chi connectivity index (χ2v) is 6.24. The minimum atomic E-state index is -0.970. The standard InChI is InChI=1S/C18H19F2N3O2/c1-3-16-13(6-10(2)21-22-16)18(25)23-9-12(24)8-17(23)11-4-5-14(19)15(20)7-11/h4-7,12,17,24H,3,8-9H2,1-2H3. The number of aliphatic hydroxyl groups excluding tert-OH is 1. The summed E-state index contributed by atoms with van der Waals surface area (Å²) in [6.07, 6.45) is 0.0964. The zero-order valence-electron chi connectivity index (χ0n) is 14.0. The molecule has 0 radical (unpaired) electrons. The summed E-state index contributed by atoms with van der Waals surface area (Å²) in [6, 6.07) is 4.71. The van der Waals surface area contributed by atoms with Crippen LogP contribution in [0.25, 0.3) is 0 Å². The Morgan fingerprint density at radius 2 is 2.04 bits per heavy atom. The summed E-state index contributed by atoms with van der Waals surface area (Å²) >= 11 is 0. The molecule has 1 fully saturated rings. The normalized spacial score (nSPS) is 20.1. The Hall–Kier alpha value is -2.41. The Morgan fingerprint density at radius 3 is 2.72 bits per heavy atom. The van der Waals surface area contributed by atoms with E-state index >= 15 is 0 Å². The van der Waals surface area contributed by atoms with Gasteiger partial charge in [0.2, 0.25) is 0 Å². The quantitative estimate of drug-likeness (QED) is 0.927. The van der Waals surface area contributed by atoms with Crippen molar-refractivity contribution in [2.75, 3.05) is 6.54 Å². The van der Waals surface area contributed by atoms with Crippen LogP contribution in [-0.4, -0.2) is 38.8 Å². The fourth-order valence-corrected chi connectivity index (χ4v) is 3.19. The van der Waals surface area contributed by atoms with Gasteiger partial charge in [-0.25, -0.2) is 8.78 Å². The topological polar surface area (TPSA) is 66.3 Å². The van der Waals surface area contributed by atoms with Crippen molar-refractivity contribution < 1.29 is 18.7 Å². The first-order valence-electron chi connectivity index (χ1n) is 8.17. The largest absolute Gasteiger partial charge is 0.391 e. The van der Waals surface area contributed by atoms with Gasteiger partial charge in [0, 0.05) is 6.54 Å². The smallest absolute Gasteiger partial charge is 0.256 e. The molecule has 2 unspecified atom stereocenters. The van der Waals surface area contributed by atoms with Gasteiger partial charge in [-0.15, -0.1) is 0 Å². The maximum atomic E-state index is 13.6. The molecule has 132 valence electrons. The van der Waals surface area contributed by atoms with E-state index in [4.69, 9.17) is 0 Å². The lowest BCUT2D eigenvalue weighted by atomic mass is 10.0. The molecule has 25 heavy (non-hydrogen) atoms. The number of nitrogens with zero attached hydrogens (tertiary/aromatic N) is 3. The maximum absolute atomic E-state index is 13.6. The lowest BCUT2D eigenvalue weighted by Crippen LogP contribution is -2.33. The van der Waals surface area contributed by atoms with E-state index in [1.165, 1.54) is 11.0 Å². The number of carbonyl (C=O) groups excluding carboxylic acids is 1. The van der Waals surface area contributed by atoms with Crippen LogP contribution in [0.2, 0.25) is 0 Å². The third-order valence-corrected chi connectivity index (χ3v) is 4.43. The average Bonchev–Trinajstić information content (AvgIpc) is 2.98. The van der Waals surface area contributed by atoms with Crippen molar-refractivity contribution in [2.45, 2.75) is 38.8 Å². The summed E-state index contributed by atoms with van der Waals surface area (Å²) < 4.78 is 26.8. The van der Waals surface area contributed by atoms with E-state index in [1.54, 1.807) is 13.0 Å². The molecule has 0 spiro atoms. The number of aryl methyl sites for hydroxylation is 2. The summed E-state index contributed by atoms with van der Waals surface area (Å²) in [4.78, 5) is 14.5.